The van der Waals surface area contributed by atoms with Crippen LogP contribution in [0, 0.1) is 29.4 Å². The first-order chi connectivity index (χ1) is 9.92. The summed E-state index contributed by atoms with van der Waals surface area (Å²) in [7, 11) is 0. The lowest BCUT2D eigenvalue weighted by atomic mass is 9.95. The first-order valence-electron chi connectivity index (χ1n) is 6.91. The van der Waals surface area contributed by atoms with Crippen LogP contribution in [0.3, 0.4) is 0 Å². The zero-order chi connectivity index (χ0) is 15.6. The van der Waals surface area contributed by atoms with Gasteiger partial charge in [-0.3, -0.25) is 9.59 Å². The minimum atomic E-state index is -1.06. The third-order valence-corrected chi connectivity index (χ3v) is 4.08. The van der Waals surface area contributed by atoms with Crippen molar-refractivity contribution in [1.29, 1.82) is 0 Å². The number of hydrogen-bond acceptors (Lipinski definition) is 2. The summed E-state index contributed by atoms with van der Waals surface area (Å²) in [5.41, 5.74) is 0.128. The molecule has 1 saturated carbocycles. The van der Waals surface area contributed by atoms with Gasteiger partial charge in [0, 0.05) is 11.8 Å². The predicted molar refractivity (Wildman–Crippen MR) is 72.6 cm³/mol. The van der Waals surface area contributed by atoms with Crippen molar-refractivity contribution in [1.82, 2.24) is 0 Å². The van der Waals surface area contributed by atoms with E-state index in [1.165, 1.54) is 6.07 Å². The Labute approximate surface area is 121 Å². The number of aliphatic carboxylic acids is 1. The zero-order valence-corrected chi connectivity index (χ0v) is 11.6. The number of carboxylic acids is 1. The number of nitrogens with one attached hydrogen (secondary N) is 1. The van der Waals surface area contributed by atoms with Gasteiger partial charge in [0.2, 0.25) is 5.91 Å². The van der Waals surface area contributed by atoms with Crippen molar-refractivity contribution < 1.29 is 23.5 Å². The molecule has 1 amide bonds. The Hall–Kier alpha value is -1.98. The summed E-state index contributed by atoms with van der Waals surface area (Å²) in [6.07, 6.45) is 1.80. The maximum Gasteiger partial charge on any atom is 0.307 e. The molecule has 3 atom stereocenters. The molecule has 0 radical (unpaired) electrons. The molecule has 2 rings (SSSR count). The minimum Gasteiger partial charge on any atom is -0.481 e. The molecular formula is C15H17F2NO3. The third kappa shape index (κ3) is 3.37. The monoisotopic (exact) mass is 297 g/mol. The van der Waals surface area contributed by atoms with Gasteiger partial charge < -0.3 is 10.4 Å². The largest absolute Gasteiger partial charge is 0.481 e. The number of carbonyl (C=O) groups is 2. The molecule has 0 bridgehead atoms. The number of carboxylic acid groups (broad SMARTS) is 1. The summed E-state index contributed by atoms with van der Waals surface area (Å²) in [6, 6.07) is 3.05. The molecule has 1 unspecified atom stereocenters. The van der Waals surface area contributed by atoms with Crippen LogP contribution in [0.4, 0.5) is 14.5 Å². The first-order valence-corrected chi connectivity index (χ1v) is 6.91. The van der Waals surface area contributed by atoms with Crippen LogP contribution in [0.2, 0.25) is 0 Å². The molecule has 1 aliphatic rings. The number of benzene rings is 1. The number of carbonyl (C=O) groups excluding carboxylic acids is 1. The minimum absolute atomic E-state index is 0.128. The molecule has 0 aromatic heterocycles. The molecule has 21 heavy (non-hydrogen) atoms. The van der Waals surface area contributed by atoms with E-state index in [0.717, 1.165) is 18.6 Å². The van der Waals surface area contributed by atoms with Crippen molar-refractivity contribution in [2.45, 2.75) is 26.2 Å². The van der Waals surface area contributed by atoms with Crippen molar-refractivity contribution in [2.24, 2.45) is 17.8 Å². The van der Waals surface area contributed by atoms with E-state index in [-0.39, 0.29) is 11.6 Å². The van der Waals surface area contributed by atoms with Crippen LogP contribution in [-0.2, 0) is 9.59 Å². The summed E-state index contributed by atoms with van der Waals surface area (Å²) in [5, 5.41) is 11.7. The fourth-order valence-corrected chi connectivity index (χ4v) is 2.85. The Morgan fingerprint density at radius 3 is 2.48 bits per heavy atom. The van der Waals surface area contributed by atoms with E-state index in [1.54, 1.807) is 0 Å². The Morgan fingerprint density at radius 2 is 1.90 bits per heavy atom. The molecule has 0 aliphatic heterocycles. The van der Waals surface area contributed by atoms with Crippen LogP contribution in [0.25, 0.3) is 0 Å². The average Bonchev–Trinajstić information content (AvgIpc) is 2.87. The number of amides is 1. The smallest absolute Gasteiger partial charge is 0.307 e. The second-order valence-electron chi connectivity index (χ2n) is 5.42. The van der Waals surface area contributed by atoms with E-state index in [1.807, 2.05) is 6.92 Å². The maximum absolute atomic E-state index is 13.1. The summed E-state index contributed by atoms with van der Waals surface area (Å²) in [4.78, 5) is 23.4. The molecule has 0 spiro atoms. The van der Waals surface area contributed by atoms with Gasteiger partial charge >= 0.3 is 5.97 Å². The Balaban J connectivity index is 2.11. The van der Waals surface area contributed by atoms with Gasteiger partial charge in [0.15, 0.2) is 11.6 Å². The van der Waals surface area contributed by atoms with Crippen LogP contribution in [0.15, 0.2) is 18.2 Å². The van der Waals surface area contributed by atoms with Gasteiger partial charge in [-0.05, 0) is 30.9 Å². The van der Waals surface area contributed by atoms with Gasteiger partial charge in [-0.15, -0.1) is 0 Å². The fraction of sp³-hybridized carbons (Fsp3) is 0.467. The Kier molecular flexibility index (Phi) is 4.55. The highest BCUT2D eigenvalue weighted by Gasteiger charge is 2.42. The summed E-state index contributed by atoms with van der Waals surface area (Å²) >= 11 is 0. The van der Waals surface area contributed by atoms with Crippen LogP contribution in [0.1, 0.15) is 26.2 Å². The van der Waals surface area contributed by atoms with Crippen molar-refractivity contribution in [3.8, 4) is 0 Å². The van der Waals surface area contributed by atoms with Gasteiger partial charge in [-0.25, -0.2) is 8.78 Å². The van der Waals surface area contributed by atoms with Crippen LogP contribution < -0.4 is 5.32 Å². The number of hydrogen-bond donors (Lipinski definition) is 2. The number of rotatable bonds is 4. The van der Waals surface area contributed by atoms with Crippen molar-refractivity contribution in [3.63, 3.8) is 0 Å². The highest BCUT2D eigenvalue weighted by Crippen LogP contribution is 2.39. The fourth-order valence-electron chi connectivity index (χ4n) is 2.85. The zero-order valence-electron chi connectivity index (χ0n) is 11.6. The molecule has 1 fully saturated rings. The van der Waals surface area contributed by atoms with Crippen LogP contribution >= 0.6 is 0 Å². The summed E-state index contributed by atoms with van der Waals surface area (Å²) < 4.78 is 25.9. The molecule has 4 nitrogen and oxygen atoms in total. The number of anilines is 1. The third-order valence-electron chi connectivity index (χ3n) is 4.08. The Bertz CT molecular complexity index is 562. The first kappa shape index (κ1) is 15.4. The molecule has 1 aromatic carbocycles. The quantitative estimate of drug-likeness (QED) is 0.897. The van der Waals surface area contributed by atoms with Crippen LogP contribution in [-0.4, -0.2) is 17.0 Å². The second-order valence-corrected chi connectivity index (χ2v) is 5.42. The lowest BCUT2D eigenvalue weighted by Gasteiger charge is -2.15. The van der Waals surface area contributed by atoms with E-state index in [0.29, 0.717) is 12.8 Å². The molecule has 2 N–H and O–H groups in total. The van der Waals surface area contributed by atoms with Crippen molar-refractivity contribution >= 4 is 17.6 Å². The van der Waals surface area contributed by atoms with E-state index >= 15 is 0 Å². The molecule has 6 heteroatoms. The van der Waals surface area contributed by atoms with E-state index in [9.17, 15) is 23.5 Å². The lowest BCUT2D eigenvalue weighted by Crippen LogP contribution is -2.30. The molecule has 1 aromatic rings. The molecular weight excluding hydrogens is 280 g/mol. The molecule has 0 heterocycles. The maximum atomic E-state index is 13.1. The highest BCUT2D eigenvalue weighted by molar-refractivity contribution is 5.95. The Morgan fingerprint density at radius 1 is 1.24 bits per heavy atom. The highest BCUT2D eigenvalue weighted by atomic mass is 19.2. The van der Waals surface area contributed by atoms with Crippen LogP contribution in [0.5, 0.6) is 0 Å². The average molecular weight is 297 g/mol. The standard InChI is InChI=1S/C15H17F2NO3/c1-2-8-5-10(11(6-8)15(20)21)14(19)18-9-3-4-12(16)13(17)7-9/h3-4,7-8,10-11H,2,5-6H2,1H3,(H,18,19)(H,20,21)/t8?,10-,11+/m0/s1. The van der Waals surface area contributed by atoms with Gasteiger partial charge in [0.25, 0.3) is 0 Å². The molecule has 1 aliphatic carbocycles. The van der Waals surface area contributed by atoms with Gasteiger partial charge in [-0.2, -0.15) is 0 Å². The second kappa shape index (κ2) is 6.20. The van der Waals surface area contributed by atoms with E-state index in [4.69, 9.17) is 0 Å². The topological polar surface area (TPSA) is 66.4 Å². The van der Waals surface area contributed by atoms with Gasteiger partial charge in [0.05, 0.1) is 11.8 Å². The predicted octanol–water partition coefficient (Wildman–Crippen LogP) is 3.04. The van der Waals surface area contributed by atoms with E-state index in [2.05, 4.69) is 5.32 Å². The molecule has 114 valence electrons. The van der Waals surface area contributed by atoms with Crippen molar-refractivity contribution in [3.05, 3.63) is 29.8 Å². The molecule has 0 saturated heterocycles. The normalized spacial score (nSPS) is 24.8. The lowest BCUT2D eigenvalue weighted by molar-refractivity contribution is -0.145. The summed E-state index contributed by atoms with van der Waals surface area (Å²) in [5.74, 6) is -4.66. The van der Waals surface area contributed by atoms with E-state index < -0.39 is 35.3 Å². The van der Waals surface area contributed by atoms with Gasteiger partial charge in [0.1, 0.15) is 0 Å². The van der Waals surface area contributed by atoms with Crippen molar-refractivity contribution in [2.75, 3.05) is 5.32 Å². The number of halogens is 2. The SMILES string of the molecule is CCC1C[C@H](C(=O)Nc2ccc(F)c(F)c2)[C@H](C(=O)O)C1. The van der Waals surface area contributed by atoms with Gasteiger partial charge in [-0.1, -0.05) is 13.3 Å². The summed E-state index contributed by atoms with van der Waals surface area (Å²) in [6.45, 7) is 1.96.